The van der Waals surface area contributed by atoms with E-state index in [1.54, 1.807) is 0 Å². The second-order valence-electron chi connectivity index (χ2n) is 15.0. The molecule has 0 radical (unpaired) electrons. The van der Waals surface area contributed by atoms with Crippen LogP contribution in [0.5, 0.6) is 0 Å². The molecule has 0 bridgehead atoms. The minimum atomic E-state index is 0.699. The molecule has 9 aromatic carbocycles. The molecule has 270 valence electrons. The maximum absolute atomic E-state index is 5.35. The summed E-state index contributed by atoms with van der Waals surface area (Å²) in [6.07, 6.45) is 0. The highest BCUT2D eigenvalue weighted by Gasteiger charge is 2.21. The first-order valence-corrected chi connectivity index (χ1v) is 19.7. The number of hydrogen-bond donors (Lipinski definition) is 0. The van der Waals surface area contributed by atoms with Gasteiger partial charge in [-0.3, -0.25) is 0 Å². The molecule has 0 spiro atoms. The Labute approximate surface area is 334 Å². The first-order chi connectivity index (χ1) is 28.7. The molecule has 58 heavy (non-hydrogen) atoms. The summed E-state index contributed by atoms with van der Waals surface area (Å²) in [5.41, 5.74) is 11.7. The van der Waals surface area contributed by atoms with Gasteiger partial charge in [-0.15, -0.1) is 0 Å². The Hall–Kier alpha value is -7.82. The van der Waals surface area contributed by atoms with Crippen LogP contribution < -0.4 is 0 Å². The Morgan fingerprint density at radius 1 is 0.293 bits per heavy atom. The third kappa shape index (κ3) is 5.09. The van der Waals surface area contributed by atoms with Crippen LogP contribution in [0.15, 0.2) is 206 Å². The smallest absolute Gasteiger partial charge is 0.160 e. The van der Waals surface area contributed by atoms with Crippen molar-refractivity contribution in [2.24, 2.45) is 0 Å². The summed E-state index contributed by atoms with van der Waals surface area (Å²) >= 11 is 0. The molecule has 3 aromatic heterocycles. The number of hydrogen-bond acceptors (Lipinski definition) is 2. The van der Waals surface area contributed by atoms with Crippen LogP contribution in [0, 0.1) is 0 Å². The van der Waals surface area contributed by atoms with Gasteiger partial charge in [0, 0.05) is 49.3 Å². The molecule has 4 heteroatoms. The molecule has 3 heterocycles. The van der Waals surface area contributed by atoms with Gasteiger partial charge in [0.25, 0.3) is 0 Å². The lowest BCUT2D eigenvalue weighted by molar-refractivity contribution is 1.17. The van der Waals surface area contributed by atoms with Gasteiger partial charge in [-0.2, -0.15) is 0 Å². The number of benzene rings is 9. The molecule has 0 saturated carbocycles. The molecule has 0 fully saturated rings. The van der Waals surface area contributed by atoms with Crippen molar-refractivity contribution in [3.8, 4) is 45.3 Å². The molecular weight excluding hydrogens is 705 g/mol. The van der Waals surface area contributed by atoms with E-state index in [1.165, 1.54) is 43.4 Å². The minimum Gasteiger partial charge on any atom is -0.309 e. The van der Waals surface area contributed by atoms with E-state index in [-0.39, 0.29) is 0 Å². The first kappa shape index (κ1) is 32.4. The van der Waals surface area contributed by atoms with Gasteiger partial charge in [0.2, 0.25) is 0 Å². The third-order valence-corrected chi connectivity index (χ3v) is 11.7. The van der Waals surface area contributed by atoms with Gasteiger partial charge >= 0.3 is 0 Å². The summed E-state index contributed by atoms with van der Waals surface area (Å²) in [5, 5.41) is 9.60. The molecule has 0 amide bonds. The predicted molar refractivity (Wildman–Crippen MR) is 242 cm³/mol. The van der Waals surface area contributed by atoms with Crippen LogP contribution in [0.3, 0.4) is 0 Å². The molecular formula is C54H34N4. The fraction of sp³-hybridized carbons (Fsp3) is 0. The Balaban J connectivity index is 1.15. The largest absolute Gasteiger partial charge is 0.309 e. The molecule has 0 aliphatic carbocycles. The van der Waals surface area contributed by atoms with Gasteiger partial charge in [0.15, 0.2) is 5.82 Å². The normalized spacial score (nSPS) is 11.8. The lowest BCUT2D eigenvalue weighted by Gasteiger charge is -2.16. The summed E-state index contributed by atoms with van der Waals surface area (Å²) in [7, 11) is 0. The quantitative estimate of drug-likeness (QED) is 0.176. The molecule has 12 aromatic rings. The van der Waals surface area contributed by atoms with Gasteiger partial charge in [0.05, 0.1) is 39.1 Å². The number of rotatable bonds is 5. The van der Waals surface area contributed by atoms with Crippen molar-refractivity contribution in [2.75, 3.05) is 0 Å². The molecule has 0 atom stereocenters. The fourth-order valence-corrected chi connectivity index (χ4v) is 8.98. The highest BCUT2D eigenvalue weighted by molar-refractivity contribution is 6.19. The van der Waals surface area contributed by atoms with Gasteiger partial charge in [-0.25, -0.2) is 9.97 Å². The van der Waals surface area contributed by atoms with Gasteiger partial charge < -0.3 is 9.13 Å². The standard InChI is InChI=1S/C54H34N4/c1-3-16-36(17-4-1)47-33-48(56-54(55-47)39-28-27-35-15-7-8-18-37(35)29-39)40-30-38-19-9-10-22-42(38)51(31-40)58-50-26-14-12-24-44(50)46-32-45-43-23-11-13-25-49(43)57(52(45)34-53(46)58)41-20-5-2-6-21-41/h1-34H. The zero-order chi connectivity index (χ0) is 38.2. The van der Waals surface area contributed by atoms with Gasteiger partial charge in [-0.1, -0.05) is 146 Å². The molecule has 0 N–H and O–H groups in total. The Morgan fingerprint density at radius 3 is 1.59 bits per heavy atom. The maximum Gasteiger partial charge on any atom is 0.160 e. The van der Waals surface area contributed by atoms with Crippen molar-refractivity contribution < 1.29 is 0 Å². The van der Waals surface area contributed by atoms with E-state index >= 15 is 0 Å². The zero-order valence-corrected chi connectivity index (χ0v) is 31.4. The van der Waals surface area contributed by atoms with Gasteiger partial charge in [-0.05, 0) is 76.8 Å². The minimum absolute atomic E-state index is 0.699. The van der Waals surface area contributed by atoms with Crippen LogP contribution >= 0.6 is 0 Å². The van der Waals surface area contributed by atoms with Crippen LogP contribution in [0.2, 0.25) is 0 Å². The average molecular weight is 739 g/mol. The van der Waals surface area contributed by atoms with Crippen molar-refractivity contribution >= 4 is 65.2 Å². The second kappa shape index (κ2) is 12.9. The zero-order valence-electron chi connectivity index (χ0n) is 31.4. The number of fused-ring (bicyclic) bond motifs is 8. The van der Waals surface area contributed by atoms with E-state index in [2.05, 4.69) is 209 Å². The number of para-hydroxylation sites is 3. The van der Waals surface area contributed by atoms with Crippen molar-refractivity contribution in [3.63, 3.8) is 0 Å². The van der Waals surface area contributed by atoms with Crippen LogP contribution in [0.4, 0.5) is 0 Å². The van der Waals surface area contributed by atoms with Crippen molar-refractivity contribution in [3.05, 3.63) is 206 Å². The van der Waals surface area contributed by atoms with Gasteiger partial charge in [0.1, 0.15) is 0 Å². The van der Waals surface area contributed by atoms with Crippen LogP contribution in [-0.2, 0) is 0 Å². The molecule has 0 aliphatic heterocycles. The summed E-state index contributed by atoms with van der Waals surface area (Å²) in [6.45, 7) is 0. The number of nitrogens with zero attached hydrogens (tertiary/aromatic N) is 4. The summed E-state index contributed by atoms with van der Waals surface area (Å²) in [4.78, 5) is 10.5. The van der Waals surface area contributed by atoms with E-state index in [9.17, 15) is 0 Å². The highest BCUT2D eigenvalue weighted by atomic mass is 15.0. The second-order valence-corrected chi connectivity index (χ2v) is 15.0. The molecule has 0 aliphatic rings. The van der Waals surface area contributed by atoms with E-state index < -0.39 is 0 Å². The summed E-state index contributed by atoms with van der Waals surface area (Å²) in [5.74, 6) is 0.699. The Bertz CT molecular complexity index is 3560. The summed E-state index contributed by atoms with van der Waals surface area (Å²) < 4.78 is 4.87. The molecule has 0 unspecified atom stereocenters. The Kier molecular flexibility index (Phi) is 7.20. The highest BCUT2D eigenvalue weighted by Crippen LogP contribution is 2.42. The Morgan fingerprint density at radius 2 is 0.845 bits per heavy atom. The number of aromatic nitrogens is 4. The molecule has 0 saturated heterocycles. The molecule has 12 rings (SSSR count). The topological polar surface area (TPSA) is 35.6 Å². The third-order valence-electron chi connectivity index (χ3n) is 11.7. The predicted octanol–water partition coefficient (Wildman–Crippen LogP) is 14.0. The SMILES string of the molecule is c1ccc(-c2cc(-c3cc(-n4c5ccccc5c5cc6c7ccccc7n(-c7ccccc7)c6cc54)c4ccccc4c3)nc(-c3ccc4ccccc4c3)n2)cc1. The average Bonchev–Trinajstić information content (AvgIpc) is 3.80. The van der Waals surface area contributed by atoms with Crippen molar-refractivity contribution in [1.29, 1.82) is 0 Å². The summed E-state index contributed by atoms with van der Waals surface area (Å²) in [6, 6.07) is 73.9. The fourth-order valence-electron chi connectivity index (χ4n) is 8.98. The van der Waals surface area contributed by atoms with Crippen LogP contribution in [0.1, 0.15) is 0 Å². The van der Waals surface area contributed by atoms with Crippen molar-refractivity contribution in [2.45, 2.75) is 0 Å². The maximum atomic E-state index is 5.35. The van der Waals surface area contributed by atoms with Crippen LogP contribution in [-0.4, -0.2) is 19.1 Å². The molecule has 4 nitrogen and oxygen atoms in total. The van der Waals surface area contributed by atoms with Crippen LogP contribution in [0.25, 0.3) is 110 Å². The van der Waals surface area contributed by atoms with E-state index in [4.69, 9.17) is 9.97 Å². The van der Waals surface area contributed by atoms with E-state index in [0.717, 1.165) is 61.3 Å². The lowest BCUT2D eigenvalue weighted by Crippen LogP contribution is -1.99. The lowest BCUT2D eigenvalue weighted by atomic mass is 10.0. The van der Waals surface area contributed by atoms with Crippen molar-refractivity contribution in [1.82, 2.24) is 19.1 Å². The monoisotopic (exact) mass is 738 g/mol. The van der Waals surface area contributed by atoms with E-state index in [1.807, 2.05) is 6.07 Å². The first-order valence-electron chi connectivity index (χ1n) is 19.7. The van der Waals surface area contributed by atoms with E-state index in [0.29, 0.717) is 5.82 Å².